The van der Waals surface area contributed by atoms with Gasteiger partial charge in [-0.15, -0.1) is 0 Å². The van der Waals surface area contributed by atoms with E-state index in [1.807, 2.05) is 0 Å². The van der Waals surface area contributed by atoms with Crippen LogP contribution in [0.15, 0.2) is 41.2 Å². The molecule has 2 aromatic carbocycles. The molecule has 0 spiro atoms. The van der Waals surface area contributed by atoms with Crippen LogP contribution in [0.25, 0.3) is 27.6 Å². The standard InChI is InChI=1S/C33H33Cl2F4N7O4S/c1-50-11-3-10-45-28-25(5-4-21(34)26(28)30(43-45)44-51(2,48)49)46-31(23(40)14-17-12-19(36)15-20(37)13-17)42-29-27(32(46)47)22(35)16-24(41-29)18-6-8-33(38,39)9-7-18/h4-5,12-13,15-16,18,23H,3,6-11,14,40H2,1-2H3,(H,43,44)/t23-/m0/s1. The number of pyridine rings is 1. The number of alkyl halides is 2. The van der Waals surface area contributed by atoms with Gasteiger partial charge in [-0.1, -0.05) is 23.2 Å². The van der Waals surface area contributed by atoms with E-state index >= 15 is 0 Å². The van der Waals surface area contributed by atoms with Crippen LogP contribution in [0.5, 0.6) is 0 Å². The molecule has 1 saturated carbocycles. The van der Waals surface area contributed by atoms with E-state index in [1.54, 1.807) is 0 Å². The Morgan fingerprint density at radius 3 is 2.39 bits per heavy atom. The maximum Gasteiger partial charge on any atom is 0.269 e. The van der Waals surface area contributed by atoms with Crippen molar-refractivity contribution in [1.29, 1.82) is 0 Å². The number of aromatic nitrogens is 5. The normalized spacial score (nSPS) is 15.9. The van der Waals surface area contributed by atoms with Gasteiger partial charge in [0.25, 0.3) is 5.56 Å². The van der Waals surface area contributed by atoms with E-state index < -0.39 is 39.2 Å². The van der Waals surface area contributed by atoms with Gasteiger partial charge in [-0.25, -0.2) is 35.9 Å². The fraction of sp³-hybridized carbons (Fsp3) is 0.394. The molecule has 0 amide bonds. The van der Waals surface area contributed by atoms with E-state index in [2.05, 4.69) is 14.8 Å². The number of methoxy groups -OCH3 is 1. The minimum Gasteiger partial charge on any atom is -0.385 e. The Bertz CT molecular complexity index is 2290. The zero-order valence-electron chi connectivity index (χ0n) is 27.4. The third kappa shape index (κ3) is 7.84. The summed E-state index contributed by atoms with van der Waals surface area (Å²) < 4.78 is 91.3. The van der Waals surface area contributed by atoms with Gasteiger partial charge in [0, 0.05) is 50.8 Å². The van der Waals surface area contributed by atoms with Crippen LogP contribution in [-0.4, -0.2) is 58.6 Å². The molecule has 0 bridgehead atoms. The lowest BCUT2D eigenvalue weighted by Crippen LogP contribution is -2.30. The molecule has 0 aliphatic heterocycles. The summed E-state index contributed by atoms with van der Waals surface area (Å²) in [5.41, 5.74) is 6.84. The van der Waals surface area contributed by atoms with Gasteiger partial charge < -0.3 is 10.5 Å². The van der Waals surface area contributed by atoms with Crippen molar-refractivity contribution in [2.75, 3.05) is 24.7 Å². The average molecular weight is 771 g/mol. The summed E-state index contributed by atoms with van der Waals surface area (Å²) in [5, 5.41) is 4.64. The van der Waals surface area contributed by atoms with E-state index in [4.69, 9.17) is 38.7 Å². The third-order valence-electron chi connectivity index (χ3n) is 8.75. The van der Waals surface area contributed by atoms with Crippen molar-refractivity contribution >= 4 is 61.0 Å². The number of benzene rings is 2. The first-order valence-corrected chi connectivity index (χ1v) is 18.6. The summed E-state index contributed by atoms with van der Waals surface area (Å²) in [6.45, 7) is 0.529. The summed E-state index contributed by atoms with van der Waals surface area (Å²) >= 11 is 13.4. The van der Waals surface area contributed by atoms with E-state index in [0.29, 0.717) is 24.8 Å². The summed E-state index contributed by atoms with van der Waals surface area (Å²) in [6.07, 6.45) is 0.850. The van der Waals surface area contributed by atoms with Crippen molar-refractivity contribution in [3.8, 4) is 5.69 Å². The summed E-state index contributed by atoms with van der Waals surface area (Å²) in [6, 6.07) is 6.18. The minimum absolute atomic E-state index is 0.0239. The lowest BCUT2D eigenvalue weighted by Gasteiger charge is -2.28. The van der Waals surface area contributed by atoms with Gasteiger partial charge in [0.15, 0.2) is 11.5 Å². The van der Waals surface area contributed by atoms with Crippen LogP contribution in [0.1, 0.15) is 61.1 Å². The molecule has 6 rings (SSSR count). The van der Waals surface area contributed by atoms with Crippen LogP contribution in [0.2, 0.25) is 10.0 Å². The Morgan fingerprint density at radius 1 is 1.06 bits per heavy atom. The number of hydrogen-bond acceptors (Lipinski definition) is 8. The molecule has 1 aliphatic rings. The second kappa shape index (κ2) is 14.3. The molecule has 272 valence electrons. The summed E-state index contributed by atoms with van der Waals surface area (Å²) in [5.74, 6) is -4.98. The number of anilines is 1. The molecule has 11 nitrogen and oxygen atoms in total. The van der Waals surface area contributed by atoms with Gasteiger partial charge in [-0.2, -0.15) is 5.10 Å². The molecule has 0 saturated heterocycles. The highest BCUT2D eigenvalue weighted by molar-refractivity contribution is 7.92. The van der Waals surface area contributed by atoms with Crippen LogP contribution < -0.4 is 16.0 Å². The SMILES string of the molecule is COCCCn1nc(NS(C)(=O)=O)c2c(Cl)ccc(-n3c([C@@H](N)Cc4cc(F)cc(F)c4)nc4nc(C5CCC(F)(F)CC5)cc(Cl)c4c3=O)c21. The minimum atomic E-state index is -3.84. The fourth-order valence-corrected chi connectivity index (χ4v) is 7.50. The largest absolute Gasteiger partial charge is 0.385 e. The second-order valence-electron chi connectivity index (χ2n) is 12.6. The topological polar surface area (TPSA) is 147 Å². The molecule has 0 radical (unpaired) electrons. The molecule has 3 heterocycles. The fourth-order valence-electron chi connectivity index (χ4n) is 6.48. The molecule has 51 heavy (non-hydrogen) atoms. The zero-order valence-corrected chi connectivity index (χ0v) is 29.7. The second-order valence-corrected chi connectivity index (χ2v) is 15.2. The van der Waals surface area contributed by atoms with Crippen LogP contribution >= 0.6 is 23.2 Å². The van der Waals surface area contributed by atoms with Crippen LogP contribution in [0.4, 0.5) is 23.4 Å². The Labute approximate surface area is 299 Å². The number of hydrogen-bond donors (Lipinski definition) is 2. The Kier molecular flexibility index (Phi) is 10.4. The lowest BCUT2D eigenvalue weighted by atomic mass is 9.84. The maximum atomic E-state index is 14.7. The van der Waals surface area contributed by atoms with Crippen LogP contribution in [0, 0.1) is 11.6 Å². The zero-order chi connectivity index (χ0) is 36.8. The van der Waals surface area contributed by atoms with Crippen LogP contribution in [-0.2, 0) is 27.7 Å². The number of rotatable bonds is 11. The van der Waals surface area contributed by atoms with Gasteiger partial charge >= 0.3 is 0 Å². The van der Waals surface area contributed by atoms with Gasteiger partial charge in [0.05, 0.1) is 38.9 Å². The van der Waals surface area contributed by atoms with Gasteiger partial charge in [-0.05, 0) is 61.6 Å². The highest BCUT2D eigenvalue weighted by Gasteiger charge is 2.36. The first kappa shape index (κ1) is 36.9. The monoisotopic (exact) mass is 769 g/mol. The number of halogens is 6. The predicted molar refractivity (Wildman–Crippen MR) is 187 cm³/mol. The van der Waals surface area contributed by atoms with Crippen molar-refractivity contribution < 1.29 is 30.7 Å². The number of aryl methyl sites for hydroxylation is 1. The van der Waals surface area contributed by atoms with Crippen LogP contribution in [0.3, 0.4) is 0 Å². The molecule has 0 unspecified atom stereocenters. The summed E-state index contributed by atoms with van der Waals surface area (Å²) in [7, 11) is -2.32. The van der Waals surface area contributed by atoms with E-state index in [-0.39, 0.29) is 99.4 Å². The van der Waals surface area contributed by atoms with E-state index in [9.17, 15) is 30.8 Å². The van der Waals surface area contributed by atoms with Gasteiger partial charge in [0.2, 0.25) is 15.9 Å². The number of fused-ring (bicyclic) bond motifs is 2. The highest BCUT2D eigenvalue weighted by Crippen LogP contribution is 2.42. The molecule has 3 N–H and O–H groups in total. The summed E-state index contributed by atoms with van der Waals surface area (Å²) in [4.78, 5) is 24.0. The Balaban J connectivity index is 1.62. The molecule has 1 aliphatic carbocycles. The molecule has 5 aromatic rings. The first-order valence-electron chi connectivity index (χ1n) is 15.9. The van der Waals surface area contributed by atoms with Gasteiger partial charge in [0.1, 0.15) is 22.8 Å². The molecule has 1 fully saturated rings. The Morgan fingerprint density at radius 2 is 1.75 bits per heavy atom. The van der Waals surface area contributed by atoms with Crippen molar-refractivity contribution in [2.45, 2.75) is 63.0 Å². The smallest absolute Gasteiger partial charge is 0.269 e. The average Bonchev–Trinajstić information content (AvgIpc) is 3.38. The number of ether oxygens (including phenoxy) is 1. The van der Waals surface area contributed by atoms with Crippen molar-refractivity contribution in [3.63, 3.8) is 0 Å². The van der Waals surface area contributed by atoms with Crippen molar-refractivity contribution in [2.24, 2.45) is 5.73 Å². The number of nitrogens with one attached hydrogen (secondary N) is 1. The Hall–Kier alpha value is -3.83. The first-order chi connectivity index (χ1) is 24.0. The maximum absolute atomic E-state index is 14.7. The molecular weight excluding hydrogens is 737 g/mol. The molecule has 3 aromatic heterocycles. The van der Waals surface area contributed by atoms with E-state index in [0.717, 1.165) is 18.4 Å². The highest BCUT2D eigenvalue weighted by atomic mass is 35.5. The number of sulfonamides is 1. The lowest BCUT2D eigenvalue weighted by molar-refractivity contribution is -0.0384. The molecule has 1 atom stereocenters. The molecular formula is C33H33Cl2F4N7O4S. The molecule has 18 heteroatoms. The number of nitrogens with zero attached hydrogens (tertiary/aromatic N) is 5. The van der Waals surface area contributed by atoms with Crippen molar-refractivity contribution in [3.05, 3.63) is 85.5 Å². The van der Waals surface area contributed by atoms with Crippen molar-refractivity contribution in [1.82, 2.24) is 24.3 Å². The quantitative estimate of drug-likeness (QED) is 0.112. The number of nitrogens with two attached hydrogens (primary N) is 1. The third-order valence-corrected chi connectivity index (χ3v) is 9.92. The predicted octanol–water partition coefficient (Wildman–Crippen LogP) is 6.66. The van der Waals surface area contributed by atoms with E-state index in [1.165, 1.54) is 34.6 Å². The van der Waals surface area contributed by atoms with Gasteiger partial charge in [-0.3, -0.25) is 18.8 Å².